The number of amides is 1. The summed E-state index contributed by atoms with van der Waals surface area (Å²) in [6.45, 7) is 0.523. The summed E-state index contributed by atoms with van der Waals surface area (Å²) in [5, 5.41) is 7.94. The molecule has 5 rings (SSSR count). The zero-order chi connectivity index (χ0) is 16.8. The van der Waals surface area contributed by atoms with Crippen LogP contribution < -0.4 is 5.32 Å². The van der Waals surface area contributed by atoms with Crippen LogP contribution in [0.4, 0.5) is 0 Å². The first kappa shape index (κ1) is 15.1. The van der Waals surface area contributed by atoms with Crippen molar-refractivity contribution in [2.24, 2.45) is 5.92 Å². The molecule has 0 radical (unpaired) electrons. The molecule has 3 aliphatic rings. The fraction of sp³-hybridized carbons (Fsp3) is 0.500. The summed E-state index contributed by atoms with van der Waals surface area (Å²) < 4.78 is 7.87. The van der Waals surface area contributed by atoms with Gasteiger partial charge < -0.3 is 10.1 Å². The van der Waals surface area contributed by atoms with Crippen molar-refractivity contribution in [2.45, 2.75) is 57.3 Å². The van der Waals surface area contributed by atoms with E-state index in [1.54, 1.807) is 0 Å². The van der Waals surface area contributed by atoms with Crippen LogP contribution in [0.1, 0.15) is 42.6 Å². The lowest BCUT2D eigenvalue weighted by atomic mass is 9.88. The van der Waals surface area contributed by atoms with Crippen molar-refractivity contribution in [2.75, 3.05) is 0 Å². The number of benzene rings is 1. The molecule has 2 saturated heterocycles. The molecule has 5 nitrogen and oxygen atoms in total. The first-order chi connectivity index (χ1) is 12.3. The van der Waals surface area contributed by atoms with E-state index in [4.69, 9.17) is 9.84 Å². The van der Waals surface area contributed by atoms with Crippen molar-refractivity contribution in [3.8, 4) is 5.69 Å². The van der Waals surface area contributed by atoms with Crippen LogP contribution in [0.25, 0.3) is 5.69 Å². The smallest absolute Gasteiger partial charge is 0.226 e. The van der Waals surface area contributed by atoms with Crippen LogP contribution in [-0.4, -0.2) is 27.9 Å². The minimum atomic E-state index is 0.0306. The lowest BCUT2D eigenvalue weighted by molar-refractivity contribution is -0.126. The van der Waals surface area contributed by atoms with Gasteiger partial charge in [-0.25, -0.2) is 4.68 Å². The normalized spacial score (nSPS) is 26.8. The number of hydrogen-bond donors (Lipinski definition) is 1. The van der Waals surface area contributed by atoms with Gasteiger partial charge in [-0.2, -0.15) is 5.10 Å². The predicted molar refractivity (Wildman–Crippen MR) is 93.4 cm³/mol. The average Bonchev–Trinajstić information content (AvgIpc) is 3.41. The fourth-order valence-corrected chi connectivity index (χ4v) is 4.65. The van der Waals surface area contributed by atoms with Gasteiger partial charge in [0.1, 0.15) is 0 Å². The summed E-state index contributed by atoms with van der Waals surface area (Å²) in [7, 11) is 0. The zero-order valence-electron chi connectivity index (χ0n) is 14.3. The Morgan fingerprint density at radius 2 is 2.12 bits per heavy atom. The Kier molecular flexibility index (Phi) is 3.63. The van der Waals surface area contributed by atoms with E-state index in [1.807, 2.05) is 18.2 Å². The average molecular weight is 337 g/mol. The van der Waals surface area contributed by atoms with Crippen LogP contribution in [0, 0.1) is 5.92 Å². The monoisotopic (exact) mass is 337 g/mol. The van der Waals surface area contributed by atoms with Crippen LogP contribution in [0.3, 0.4) is 0 Å². The second-order valence-electron chi connectivity index (χ2n) is 7.41. The van der Waals surface area contributed by atoms with E-state index in [2.05, 4.69) is 22.1 Å². The maximum Gasteiger partial charge on any atom is 0.226 e. The molecule has 2 bridgehead atoms. The molecule has 2 aromatic rings. The molecule has 1 N–H and O–H groups in total. The Balaban J connectivity index is 1.34. The molecule has 0 spiro atoms. The van der Waals surface area contributed by atoms with Crippen LogP contribution in [-0.2, 0) is 28.9 Å². The largest absolute Gasteiger partial charge is 0.374 e. The zero-order valence-corrected chi connectivity index (χ0v) is 14.3. The highest BCUT2D eigenvalue weighted by Crippen LogP contribution is 2.38. The minimum absolute atomic E-state index is 0.0306. The molecule has 130 valence electrons. The van der Waals surface area contributed by atoms with Crippen LogP contribution in [0.5, 0.6) is 0 Å². The molecule has 0 saturated carbocycles. The van der Waals surface area contributed by atoms with Crippen LogP contribution in [0.2, 0.25) is 0 Å². The quantitative estimate of drug-likeness (QED) is 0.933. The number of aromatic nitrogens is 2. The van der Waals surface area contributed by atoms with Crippen molar-refractivity contribution in [1.82, 2.24) is 15.1 Å². The first-order valence-corrected chi connectivity index (χ1v) is 9.38. The van der Waals surface area contributed by atoms with E-state index >= 15 is 0 Å². The predicted octanol–water partition coefficient (Wildman–Crippen LogP) is 2.54. The van der Waals surface area contributed by atoms with Gasteiger partial charge in [-0.05, 0) is 56.2 Å². The molecule has 5 heteroatoms. The maximum atomic E-state index is 12.6. The summed E-state index contributed by atoms with van der Waals surface area (Å²) in [5.74, 6) is 0.163. The second kappa shape index (κ2) is 5.99. The van der Waals surface area contributed by atoms with Gasteiger partial charge in [-0.3, -0.25) is 4.79 Å². The number of rotatable bonds is 4. The topological polar surface area (TPSA) is 56.2 Å². The van der Waals surface area contributed by atoms with E-state index in [1.165, 1.54) is 17.7 Å². The van der Waals surface area contributed by atoms with Crippen molar-refractivity contribution in [1.29, 1.82) is 0 Å². The second-order valence-corrected chi connectivity index (χ2v) is 7.41. The molecular formula is C20H23N3O2. The highest BCUT2D eigenvalue weighted by molar-refractivity contribution is 5.79. The molecule has 2 aliphatic heterocycles. The number of nitrogens with zero attached hydrogens (tertiary/aromatic N) is 2. The first-order valence-electron chi connectivity index (χ1n) is 9.38. The van der Waals surface area contributed by atoms with Crippen molar-refractivity contribution in [3.63, 3.8) is 0 Å². The summed E-state index contributed by atoms with van der Waals surface area (Å²) in [6, 6.07) is 10.3. The number of fused-ring (bicyclic) bond motifs is 3. The third kappa shape index (κ3) is 2.58. The minimum Gasteiger partial charge on any atom is -0.374 e. The van der Waals surface area contributed by atoms with Crippen molar-refractivity contribution < 1.29 is 9.53 Å². The Bertz CT molecular complexity index is 799. The van der Waals surface area contributed by atoms with E-state index < -0.39 is 0 Å². The lowest BCUT2D eigenvalue weighted by Gasteiger charge is -2.17. The van der Waals surface area contributed by atoms with Gasteiger partial charge in [0, 0.05) is 5.69 Å². The fourth-order valence-electron chi connectivity index (χ4n) is 4.65. The Morgan fingerprint density at radius 1 is 1.24 bits per heavy atom. The highest BCUT2D eigenvalue weighted by Gasteiger charge is 2.44. The Hall–Kier alpha value is -2.14. The number of carbonyl (C=O) groups is 1. The van der Waals surface area contributed by atoms with Crippen LogP contribution in [0.15, 0.2) is 30.3 Å². The number of nitrogens with one attached hydrogen (secondary N) is 1. The summed E-state index contributed by atoms with van der Waals surface area (Å²) >= 11 is 0. The molecule has 3 atom stereocenters. The van der Waals surface area contributed by atoms with E-state index in [-0.39, 0.29) is 17.9 Å². The Morgan fingerprint density at radius 3 is 2.88 bits per heavy atom. The third-order valence-electron chi connectivity index (χ3n) is 5.89. The van der Waals surface area contributed by atoms with Gasteiger partial charge in [0.2, 0.25) is 5.91 Å². The maximum absolute atomic E-state index is 12.6. The van der Waals surface area contributed by atoms with Gasteiger partial charge in [0.25, 0.3) is 0 Å². The molecule has 1 aromatic heterocycles. The summed E-state index contributed by atoms with van der Waals surface area (Å²) in [4.78, 5) is 12.6. The van der Waals surface area contributed by atoms with Gasteiger partial charge in [0.15, 0.2) is 0 Å². The number of carbonyl (C=O) groups excluding carboxylic acids is 1. The molecular weight excluding hydrogens is 314 g/mol. The number of para-hydroxylation sites is 1. The molecule has 3 heterocycles. The summed E-state index contributed by atoms with van der Waals surface area (Å²) in [5.41, 5.74) is 4.75. The molecule has 1 amide bonds. The Labute approximate surface area is 147 Å². The molecule has 1 aliphatic carbocycles. The van der Waals surface area contributed by atoms with Gasteiger partial charge >= 0.3 is 0 Å². The molecule has 1 aromatic carbocycles. The van der Waals surface area contributed by atoms with E-state index in [0.717, 1.165) is 43.5 Å². The SMILES string of the molecule is O=C(NCc1nn(-c2ccccc2)c2c1CCC2)[C@@H]1C[C@H]2CC[C@H]1O2. The van der Waals surface area contributed by atoms with Crippen LogP contribution >= 0.6 is 0 Å². The molecule has 0 unspecified atom stereocenters. The van der Waals surface area contributed by atoms with Gasteiger partial charge in [-0.15, -0.1) is 0 Å². The number of ether oxygens (including phenoxy) is 1. The standard InChI is InChI=1S/C20H23N3O2/c24-20(16-11-14-9-10-19(16)25-14)21-12-17-15-7-4-8-18(15)23(22-17)13-5-2-1-3-6-13/h1-3,5-6,14,16,19H,4,7-12H2,(H,21,24)/t14-,16-,19-/m1/s1. The highest BCUT2D eigenvalue weighted by atomic mass is 16.5. The molecule has 25 heavy (non-hydrogen) atoms. The van der Waals surface area contributed by atoms with E-state index in [9.17, 15) is 4.79 Å². The molecule has 2 fully saturated rings. The van der Waals surface area contributed by atoms with Gasteiger partial charge in [-0.1, -0.05) is 18.2 Å². The van der Waals surface area contributed by atoms with Crippen molar-refractivity contribution in [3.05, 3.63) is 47.3 Å². The lowest BCUT2D eigenvalue weighted by Crippen LogP contribution is -2.35. The number of hydrogen-bond acceptors (Lipinski definition) is 3. The van der Waals surface area contributed by atoms with E-state index in [0.29, 0.717) is 12.6 Å². The van der Waals surface area contributed by atoms with Gasteiger partial charge in [0.05, 0.1) is 36.1 Å². The van der Waals surface area contributed by atoms with Crippen molar-refractivity contribution >= 4 is 5.91 Å². The third-order valence-corrected chi connectivity index (χ3v) is 5.89. The summed E-state index contributed by atoms with van der Waals surface area (Å²) in [6.07, 6.45) is 6.76.